The van der Waals surface area contributed by atoms with Gasteiger partial charge in [0.05, 0.1) is 32.8 Å². The molecule has 2 saturated heterocycles. The van der Waals surface area contributed by atoms with Crippen molar-refractivity contribution in [3.05, 3.63) is 24.4 Å². The van der Waals surface area contributed by atoms with Gasteiger partial charge < -0.3 is 18.9 Å². The van der Waals surface area contributed by atoms with Crippen LogP contribution in [-0.4, -0.2) is 73.4 Å². The molecule has 5 nitrogen and oxygen atoms in total. The fraction of sp³-hybridized carbons (Fsp3) is 0.844. The first-order valence-electron chi connectivity index (χ1n) is 15.5. The zero-order valence-corrected chi connectivity index (χ0v) is 23.8. The van der Waals surface area contributed by atoms with Gasteiger partial charge in [-0.2, -0.15) is 0 Å². The predicted octanol–water partition coefficient (Wildman–Crippen LogP) is 5.56. The second-order valence-corrected chi connectivity index (χ2v) is 14.1. The van der Waals surface area contributed by atoms with Crippen LogP contribution in [0.25, 0.3) is 0 Å². The molecule has 6 aliphatic rings. The van der Waals surface area contributed by atoms with Gasteiger partial charge in [0.2, 0.25) is 0 Å². The van der Waals surface area contributed by atoms with Gasteiger partial charge in [-0.1, -0.05) is 26.5 Å². The standard InChI is InChI=1S/C32H51N2O3/c1-5-16-34(17-6-7-18-34)29-21-28-26-11-9-24-8-10-25(33-14-19-36-20-15-33)22-32(24,4)27(26)12-13-31(28,3)30(29)37-23(2)35/h5,10,24,26-30H,1,6-9,11-22H2,2-4H3/q+1/t24?,26?,27?,28?,29-,30-,31-,32-/m0/s1. The molecule has 206 valence electrons. The third kappa shape index (κ3) is 4.13. The number of esters is 1. The van der Waals surface area contributed by atoms with Crippen LogP contribution in [0.1, 0.15) is 78.6 Å². The lowest BCUT2D eigenvalue weighted by Crippen LogP contribution is -2.59. The highest BCUT2D eigenvalue weighted by Gasteiger charge is 2.67. The summed E-state index contributed by atoms with van der Waals surface area (Å²) in [6, 6.07) is 0.429. The number of hydrogen-bond donors (Lipinski definition) is 0. The number of carbonyl (C=O) groups excluding carboxylic acids is 1. The third-order valence-corrected chi connectivity index (χ3v) is 12.6. The fourth-order valence-corrected chi connectivity index (χ4v) is 10.8. The van der Waals surface area contributed by atoms with Crippen LogP contribution in [0.4, 0.5) is 0 Å². The number of nitrogens with zero attached hydrogens (tertiary/aromatic N) is 2. The topological polar surface area (TPSA) is 38.8 Å². The molecule has 37 heavy (non-hydrogen) atoms. The van der Waals surface area contributed by atoms with E-state index in [1.165, 1.54) is 70.9 Å². The molecule has 0 N–H and O–H groups in total. The number of ether oxygens (including phenoxy) is 2. The zero-order chi connectivity index (χ0) is 25.8. The van der Waals surface area contributed by atoms with Crippen LogP contribution in [0.5, 0.6) is 0 Å². The Morgan fingerprint density at radius 3 is 2.62 bits per heavy atom. The van der Waals surface area contributed by atoms with Gasteiger partial charge in [0.25, 0.3) is 0 Å². The summed E-state index contributed by atoms with van der Waals surface area (Å²) in [7, 11) is 0. The lowest BCUT2D eigenvalue weighted by atomic mass is 9.45. The van der Waals surface area contributed by atoms with Gasteiger partial charge in [-0.05, 0) is 73.7 Å². The predicted molar refractivity (Wildman–Crippen MR) is 147 cm³/mol. The number of fused-ring (bicyclic) bond motifs is 5. The van der Waals surface area contributed by atoms with Crippen molar-refractivity contribution < 1.29 is 18.8 Å². The summed E-state index contributed by atoms with van der Waals surface area (Å²) < 4.78 is 13.1. The molecule has 5 fully saturated rings. The number of likely N-dealkylation sites (tertiary alicyclic amines) is 1. The molecule has 2 aliphatic heterocycles. The lowest BCUT2D eigenvalue weighted by Gasteiger charge is -2.60. The summed E-state index contributed by atoms with van der Waals surface area (Å²) in [4.78, 5) is 15.1. The van der Waals surface area contributed by atoms with E-state index in [4.69, 9.17) is 9.47 Å². The van der Waals surface area contributed by atoms with E-state index < -0.39 is 0 Å². The Balaban J connectivity index is 1.30. The Bertz CT molecular complexity index is 919. The lowest BCUT2D eigenvalue weighted by molar-refractivity contribution is -0.937. The molecular weight excluding hydrogens is 460 g/mol. The molecule has 4 unspecified atom stereocenters. The van der Waals surface area contributed by atoms with Crippen molar-refractivity contribution in [2.45, 2.75) is 90.7 Å². The maximum absolute atomic E-state index is 12.5. The molecule has 0 amide bonds. The Morgan fingerprint density at radius 1 is 1.16 bits per heavy atom. The molecular formula is C32H51N2O3+. The number of morpholine rings is 1. The highest BCUT2D eigenvalue weighted by atomic mass is 16.5. The Labute approximate surface area is 225 Å². The summed E-state index contributed by atoms with van der Waals surface area (Å²) in [6.07, 6.45) is 16.3. The molecule has 0 aromatic carbocycles. The van der Waals surface area contributed by atoms with Gasteiger partial charge >= 0.3 is 5.97 Å². The van der Waals surface area contributed by atoms with Crippen molar-refractivity contribution in [2.75, 3.05) is 45.9 Å². The van der Waals surface area contributed by atoms with E-state index >= 15 is 0 Å². The van der Waals surface area contributed by atoms with Crippen LogP contribution < -0.4 is 0 Å². The van der Waals surface area contributed by atoms with Crippen molar-refractivity contribution in [1.82, 2.24) is 4.90 Å². The van der Waals surface area contributed by atoms with E-state index in [0.717, 1.165) is 55.1 Å². The van der Waals surface area contributed by atoms with Gasteiger partial charge in [-0.3, -0.25) is 4.79 Å². The van der Waals surface area contributed by atoms with Crippen LogP contribution in [0, 0.1) is 34.5 Å². The molecule has 0 bridgehead atoms. The first kappa shape index (κ1) is 25.9. The molecule has 8 atom stereocenters. The smallest absolute Gasteiger partial charge is 0.303 e. The number of carbonyl (C=O) groups is 1. The minimum absolute atomic E-state index is 0.0506. The highest BCUT2D eigenvalue weighted by molar-refractivity contribution is 5.66. The van der Waals surface area contributed by atoms with Crippen molar-refractivity contribution in [2.24, 2.45) is 34.5 Å². The summed E-state index contributed by atoms with van der Waals surface area (Å²) in [5.74, 6) is 2.95. The number of allylic oxidation sites excluding steroid dienone is 2. The second-order valence-electron chi connectivity index (χ2n) is 14.1. The van der Waals surface area contributed by atoms with E-state index in [1.807, 2.05) is 0 Å². The molecule has 3 saturated carbocycles. The normalized spacial score (nSPS) is 44.8. The summed E-state index contributed by atoms with van der Waals surface area (Å²) >= 11 is 0. The zero-order valence-electron chi connectivity index (χ0n) is 23.8. The van der Waals surface area contributed by atoms with Gasteiger partial charge in [0.1, 0.15) is 6.04 Å². The minimum Gasteiger partial charge on any atom is -0.456 e. The van der Waals surface area contributed by atoms with Crippen molar-refractivity contribution in [3.63, 3.8) is 0 Å². The average Bonchev–Trinajstić information content (AvgIpc) is 3.47. The van der Waals surface area contributed by atoms with E-state index in [9.17, 15) is 4.79 Å². The van der Waals surface area contributed by atoms with Gasteiger partial charge in [0.15, 0.2) is 6.10 Å². The van der Waals surface area contributed by atoms with Crippen LogP contribution in [0.3, 0.4) is 0 Å². The molecule has 0 spiro atoms. The second kappa shape index (κ2) is 9.70. The Morgan fingerprint density at radius 2 is 1.92 bits per heavy atom. The van der Waals surface area contributed by atoms with E-state index in [0.29, 0.717) is 17.4 Å². The van der Waals surface area contributed by atoms with Gasteiger partial charge in [-0.25, -0.2) is 0 Å². The monoisotopic (exact) mass is 511 g/mol. The number of rotatable bonds is 5. The van der Waals surface area contributed by atoms with Crippen LogP contribution in [-0.2, 0) is 14.3 Å². The first-order chi connectivity index (χ1) is 17.8. The molecule has 2 heterocycles. The average molecular weight is 512 g/mol. The molecule has 6 rings (SSSR count). The molecule has 5 heteroatoms. The van der Waals surface area contributed by atoms with Crippen LogP contribution >= 0.6 is 0 Å². The van der Waals surface area contributed by atoms with Gasteiger partial charge in [-0.15, -0.1) is 0 Å². The van der Waals surface area contributed by atoms with Crippen molar-refractivity contribution >= 4 is 5.97 Å². The largest absolute Gasteiger partial charge is 0.456 e. The molecule has 0 aromatic rings. The van der Waals surface area contributed by atoms with Crippen molar-refractivity contribution in [1.29, 1.82) is 0 Å². The molecule has 0 radical (unpaired) electrons. The van der Waals surface area contributed by atoms with Crippen molar-refractivity contribution in [3.8, 4) is 0 Å². The Hall–Kier alpha value is -1.33. The van der Waals surface area contributed by atoms with E-state index in [2.05, 4.69) is 37.5 Å². The number of quaternary nitrogens is 1. The third-order valence-electron chi connectivity index (χ3n) is 12.6. The van der Waals surface area contributed by atoms with Gasteiger partial charge in [0, 0.05) is 50.4 Å². The first-order valence-corrected chi connectivity index (χ1v) is 15.5. The summed E-state index contributed by atoms with van der Waals surface area (Å²) in [5, 5.41) is 0. The maximum atomic E-state index is 12.5. The summed E-state index contributed by atoms with van der Waals surface area (Å²) in [6.45, 7) is 18.3. The van der Waals surface area contributed by atoms with Crippen LogP contribution in [0.2, 0.25) is 0 Å². The van der Waals surface area contributed by atoms with Crippen LogP contribution in [0.15, 0.2) is 24.4 Å². The maximum Gasteiger partial charge on any atom is 0.303 e. The highest BCUT2D eigenvalue weighted by Crippen LogP contribution is 2.67. The number of hydrogen-bond acceptors (Lipinski definition) is 4. The SMILES string of the molecule is C=CC[N+]1([C@H]2CC3C4CCC5CC=C(N6CCOCC6)C[C@]5(C)C4CC[C@]3(C)[C@H]2OC(C)=O)CCCC1. The molecule has 4 aliphatic carbocycles. The Kier molecular flexibility index (Phi) is 6.79. The quantitative estimate of drug-likeness (QED) is 0.275. The molecule has 0 aromatic heterocycles. The minimum atomic E-state index is -0.0850. The van der Waals surface area contributed by atoms with E-state index in [-0.39, 0.29) is 17.5 Å². The fourth-order valence-electron chi connectivity index (χ4n) is 10.8. The van der Waals surface area contributed by atoms with E-state index in [1.54, 1.807) is 12.6 Å². The summed E-state index contributed by atoms with van der Waals surface area (Å²) in [5.41, 5.74) is 2.10.